The number of amides is 1. The van der Waals surface area contributed by atoms with E-state index in [1.165, 1.54) is 11.3 Å². The van der Waals surface area contributed by atoms with E-state index in [2.05, 4.69) is 31.2 Å². The zero-order valence-electron chi connectivity index (χ0n) is 8.65. The van der Waals surface area contributed by atoms with Crippen molar-refractivity contribution in [3.8, 4) is 0 Å². The number of aromatic amines is 1. The number of nitrogens with one attached hydrogen (secondary N) is 2. The van der Waals surface area contributed by atoms with E-state index in [-0.39, 0.29) is 5.56 Å². The molecule has 1 unspecified atom stereocenters. The van der Waals surface area contributed by atoms with Gasteiger partial charge in [0.2, 0.25) is 0 Å². The lowest BCUT2D eigenvalue weighted by molar-refractivity contribution is 0.190. The number of thiophene rings is 1. The Kier molecular flexibility index (Phi) is 3.16. The molecule has 8 heteroatoms. The van der Waals surface area contributed by atoms with Crippen LogP contribution in [0.25, 0.3) is 10.2 Å². The van der Waals surface area contributed by atoms with Gasteiger partial charge in [-0.3, -0.25) is 4.79 Å². The molecule has 0 bridgehead atoms. The molecule has 0 radical (unpaired) electrons. The average molecular weight is 318 g/mol. The number of rotatable bonds is 2. The van der Waals surface area contributed by atoms with Crippen molar-refractivity contribution in [1.82, 2.24) is 15.3 Å². The van der Waals surface area contributed by atoms with Crippen molar-refractivity contribution >= 4 is 43.6 Å². The van der Waals surface area contributed by atoms with Crippen molar-refractivity contribution in [2.45, 2.75) is 13.0 Å². The highest BCUT2D eigenvalue weighted by Gasteiger charge is 2.14. The van der Waals surface area contributed by atoms with Gasteiger partial charge in [-0.1, -0.05) is 0 Å². The van der Waals surface area contributed by atoms with Gasteiger partial charge in [0.25, 0.3) is 5.56 Å². The maximum absolute atomic E-state index is 11.7. The van der Waals surface area contributed by atoms with Crippen molar-refractivity contribution in [3.63, 3.8) is 0 Å². The summed E-state index contributed by atoms with van der Waals surface area (Å²) >= 11 is 4.56. The molecule has 2 heterocycles. The summed E-state index contributed by atoms with van der Waals surface area (Å²) < 4.78 is 1.32. The van der Waals surface area contributed by atoms with Crippen LogP contribution in [0, 0.1) is 0 Å². The van der Waals surface area contributed by atoms with E-state index in [1.54, 1.807) is 13.0 Å². The maximum Gasteiger partial charge on any atom is 0.405 e. The summed E-state index contributed by atoms with van der Waals surface area (Å²) in [5.41, 5.74) is 0.291. The molecule has 1 atom stereocenters. The number of fused-ring (bicyclic) bond motifs is 1. The molecule has 2 aromatic rings. The average Bonchev–Trinajstić information content (AvgIpc) is 2.58. The van der Waals surface area contributed by atoms with Gasteiger partial charge >= 0.3 is 6.09 Å². The Hall–Kier alpha value is -1.41. The molecule has 2 aromatic heterocycles. The van der Waals surface area contributed by atoms with Crippen LogP contribution in [0.1, 0.15) is 18.8 Å². The zero-order chi connectivity index (χ0) is 12.6. The third kappa shape index (κ3) is 2.47. The Morgan fingerprint density at radius 2 is 2.41 bits per heavy atom. The number of halogens is 1. The number of carbonyl (C=O) groups is 1. The zero-order valence-corrected chi connectivity index (χ0v) is 11.1. The van der Waals surface area contributed by atoms with Crippen LogP contribution in [0.4, 0.5) is 4.79 Å². The van der Waals surface area contributed by atoms with Gasteiger partial charge in [0.15, 0.2) is 0 Å². The number of nitrogens with zero attached hydrogens (tertiary/aromatic N) is 1. The van der Waals surface area contributed by atoms with Crippen LogP contribution in [-0.4, -0.2) is 21.2 Å². The molecule has 0 aromatic carbocycles. The first-order valence-corrected chi connectivity index (χ1v) is 6.27. The van der Waals surface area contributed by atoms with E-state index in [9.17, 15) is 9.59 Å². The van der Waals surface area contributed by atoms with E-state index >= 15 is 0 Å². The predicted octanol–water partition coefficient (Wildman–Crippen LogP) is 2.08. The molecule has 2 rings (SSSR count). The van der Waals surface area contributed by atoms with Gasteiger partial charge < -0.3 is 15.4 Å². The summed E-state index contributed by atoms with van der Waals surface area (Å²) in [4.78, 5) is 29.0. The van der Waals surface area contributed by atoms with Gasteiger partial charge in [-0.05, 0) is 28.9 Å². The van der Waals surface area contributed by atoms with Crippen LogP contribution in [0.2, 0.25) is 0 Å². The summed E-state index contributed by atoms with van der Waals surface area (Å²) in [7, 11) is 0. The van der Waals surface area contributed by atoms with Gasteiger partial charge in [0.05, 0.1) is 15.3 Å². The van der Waals surface area contributed by atoms with Gasteiger partial charge in [0.1, 0.15) is 10.5 Å². The molecule has 0 aliphatic rings. The van der Waals surface area contributed by atoms with Gasteiger partial charge in [0, 0.05) is 0 Å². The van der Waals surface area contributed by atoms with Crippen molar-refractivity contribution in [1.29, 1.82) is 0 Å². The number of hydrogen-bond donors (Lipinski definition) is 3. The molecule has 0 saturated heterocycles. The molecule has 90 valence electrons. The number of hydrogen-bond acceptors (Lipinski definition) is 4. The Morgan fingerprint density at radius 3 is 3.06 bits per heavy atom. The van der Waals surface area contributed by atoms with E-state index < -0.39 is 12.1 Å². The summed E-state index contributed by atoms with van der Waals surface area (Å²) in [6, 6.07) is 1.16. The first-order chi connectivity index (χ1) is 7.97. The second-order valence-electron chi connectivity index (χ2n) is 3.39. The van der Waals surface area contributed by atoms with E-state index in [0.29, 0.717) is 16.0 Å². The van der Waals surface area contributed by atoms with Gasteiger partial charge in [-0.15, -0.1) is 11.3 Å². The van der Waals surface area contributed by atoms with Crippen LogP contribution in [0.3, 0.4) is 0 Å². The molecule has 6 nitrogen and oxygen atoms in total. The van der Waals surface area contributed by atoms with Crippen molar-refractivity contribution in [2.24, 2.45) is 0 Å². The summed E-state index contributed by atoms with van der Waals surface area (Å²) in [6.07, 6.45) is -1.16. The molecule has 0 saturated carbocycles. The molecular weight excluding hydrogens is 310 g/mol. The summed E-state index contributed by atoms with van der Waals surface area (Å²) in [5, 5.41) is 10.8. The number of carboxylic acid groups (broad SMARTS) is 1. The lowest BCUT2D eigenvalue weighted by Crippen LogP contribution is -2.27. The van der Waals surface area contributed by atoms with E-state index in [4.69, 9.17) is 5.11 Å². The predicted molar refractivity (Wildman–Crippen MR) is 67.5 cm³/mol. The highest BCUT2D eigenvalue weighted by atomic mass is 79.9. The molecule has 1 amide bonds. The minimum atomic E-state index is -1.16. The molecule has 3 N–H and O–H groups in total. The van der Waals surface area contributed by atoms with E-state index in [0.717, 1.165) is 3.79 Å². The molecular formula is C9H8BrN3O3S. The highest BCUT2D eigenvalue weighted by molar-refractivity contribution is 9.11. The monoisotopic (exact) mass is 317 g/mol. The van der Waals surface area contributed by atoms with Crippen molar-refractivity contribution in [2.75, 3.05) is 0 Å². The van der Waals surface area contributed by atoms with Crippen molar-refractivity contribution in [3.05, 3.63) is 26.0 Å². The Balaban J connectivity index is 2.49. The first kappa shape index (κ1) is 12.1. The number of aromatic nitrogens is 2. The Morgan fingerprint density at radius 1 is 1.71 bits per heavy atom. The lowest BCUT2D eigenvalue weighted by atomic mass is 10.3. The largest absolute Gasteiger partial charge is 0.465 e. The molecule has 0 aliphatic heterocycles. The normalized spacial score (nSPS) is 12.6. The maximum atomic E-state index is 11.7. The van der Waals surface area contributed by atoms with Crippen LogP contribution in [0.15, 0.2) is 14.6 Å². The summed E-state index contributed by atoms with van der Waals surface area (Å²) in [6.45, 7) is 1.61. The molecule has 0 spiro atoms. The minimum Gasteiger partial charge on any atom is -0.465 e. The quantitative estimate of drug-likeness (QED) is 0.790. The van der Waals surface area contributed by atoms with Crippen LogP contribution >= 0.6 is 27.3 Å². The fourth-order valence-electron chi connectivity index (χ4n) is 1.39. The number of H-pyrrole nitrogens is 1. The van der Waals surface area contributed by atoms with E-state index in [1.807, 2.05) is 0 Å². The Labute approximate surface area is 108 Å². The molecule has 0 aliphatic carbocycles. The topological polar surface area (TPSA) is 95.1 Å². The lowest BCUT2D eigenvalue weighted by Gasteiger charge is -2.09. The van der Waals surface area contributed by atoms with Gasteiger partial charge in [-0.2, -0.15) is 0 Å². The first-order valence-electron chi connectivity index (χ1n) is 4.66. The smallest absolute Gasteiger partial charge is 0.405 e. The SMILES string of the molecule is CC(NC(=O)O)c1nc2cc(Br)sc2c(=O)[nH]1. The standard InChI is InChI=1S/C9H8BrN3O3S/c1-3(11-9(15)16)7-12-4-2-5(10)17-6(4)8(14)13-7/h2-3,11H,1H3,(H,15,16)(H,12,13,14). The fraction of sp³-hybridized carbons (Fsp3) is 0.222. The van der Waals surface area contributed by atoms with Crippen LogP contribution < -0.4 is 10.9 Å². The molecule has 0 fully saturated rings. The van der Waals surface area contributed by atoms with Crippen LogP contribution in [-0.2, 0) is 0 Å². The second-order valence-corrected chi connectivity index (χ2v) is 5.82. The van der Waals surface area contributed by atoms with Crippen molar-refractivity contribution < 1.29 is 9.90 Å². The third-order valence-corrected chi connectivity index (χ3v) is 3.75. The highest BCUT2D eigenvalue weighted by Crippen LogP contribution is 2.26. The third-order valence-electron chi connectivity index (χ3n) is 2.12. The van der Waals surface area contributed by atoms with Gasteiger partial charge in [-0.25, -0.2) is 9.78 Å². The summed E-state index contributed by atoms with van der Waals surface area (Å²) in [5.74, 6) is 0.301. The van der Waals surface area contributed by atoms with Crippen LogP contribution in [0.5, 0.6) is 0 Å². The fourth-order valence-corrected chi connectivity index (χ4v) is 2.81. The molecule has 17 heavy (non-hydrogen) atoms. The Bertz CT molecular complexity index is 636. The second kappa shape index (κ2) is 4.46. The minimum absolute atomic E-state index is 0.264.